The second kappa shape index (κ2) is 5.87. The molecule has 4 heteroatoms. The smallest absolute Gasteiger partial charge is 0.138 e. The molecule has 0 saturated carbocycles. The Bertz CT molecular complexity index is 562. The molecular formula is C15H21N3S. The molecule has 0 spiro atoms. The lowest BCUT2D eigenvalue weighted by atomic mass is 9.97. The van der Waals surface area contributed by atoms with Gasteiger partial charge in [-0.25, -0.2) is 9.97 Å². The van der Waals surface area contributed by atoms with Gasteiger partial charge >= 0.3 is 0 Å². The Balaban J connectivity index is 1.88. The lowest BCUT2D eigenvalue weighted by Crippen LogP contribution is -2.05. The van der Waals surface area contributed by atoms with Crippen molar-refractivity contribution in [1.29, 1.82) is 0 Å². The van der Waals surface area contributed by atoms with Crippen molar-refractivity contribution in [3.63, 3.8) is 0 Å². The molecular weight excluding hydrogens is 254 g/mol. The van der Waals surface area contributed by atoms with E-state index in [2.05, 4.69) is 22.2 Å². The number of hydrogen-bond acceptors (Lipinski definition) is 4. The molecule has 0 unspecified atom stereocenters. The van der Waals surface area contributed by atoms with Crippen molar-refractivity contribution in [2.75, 3.05) is 11.9 Å². The summed E-state index contributed by atoms with van der Waals surface area (Å²) in [5.74, 6) is 1.06. The molecule has 0 aliphatic heterocycles. The molecule has 0 atom stereocenters. The fourth-order valence-electron chi connectivity index (χ4n) is 2.81. The van der Waals surface area contributed by atoms with Crippen LogP contribution in [0.4, 0.5) is 5.82 Å². The van der Waals surface area contributed by atoms with E-state index in [9.17, 15) is 0 Å². The minimum atomic E-state index is 1.02. The van der Waals surface area contributed by atoms with Crippen LogP contribution in [0.2, 0.25) is 0 Å². The van der Waals surface area contributed by atoms with Gasteiger partial charge < -0.3 is 5.32 Å². The highest BCUT2D eigenvalue weighted by Crippen LogP contribution is 2.37. The van der Waals surface area contributed by atoms with Crippen LogP contribution in [0.1, 0.15) is 49.5 Å². The lowest BCUT2D eigenvalue weighted by molar-refractivity contribution is 0.700. The lowest BCUT2D eigenvalue weighted by Gasteiger charge is -2.12. The minimum absolute atomic E-state index is 1.02. The standard InChI is InChI=1S/C15H21N3S/c1-2-3-6-9-16-14-13-11-7-4-5-8-12(11)19-15(13)18-10-17-14/h10H,2-9H2,1H3,(H,16,17,18). The normalized spacial score (nSPS) is 14.6. The second-order valence-electron chi connectivity index (χ2n) is 5.25. The topological polar surface area (TPSA) is 37.8 Å². The first-order valence-electron chi connectivity index (χ1n) is 7.39. The zero-order valence-corrected chi connectivity index (χ0v) is 12.4. The van der Waals surface area contributed by atoms with Gasteiger partial charge in [-0.15, -0.1) is 11.3 Å². The van der Waals surface area contributed by atoms with Gasteiger partial charge in [-0.1, -0.05) is 19.8 Å². The Morgan fingerprint density at radius 1 is 1.21 bits per heavy atom. The minimum Gasteiger partial charge on any atom is -0.369 e. The van der Waals surface area contributed by atoms with Gasteiger partial charge in [0.15, 0.2) is 0 Å². The second-order valence-corrected chi connectivity index (χ2v) is 6.33. The van der Waals surface area contributed by atoms with Crippen molar-refractivity contribution in [3.8, 4) is 0 Å². The first-order chi connectivity index (χ1) is 9.40. The van der Waals surface area contributed by atoms with E-state index in [0.29, 0.717) is 0 Å². The fraction of sp³-hybridized carbons (Fsp3) is 0.600. The summed E-state index contributed by atoms with van der Waals surface area (Å²) in [5.41, 5.74) is 1.52. The van der Waals surface area contributed by atoms with Crippen LogP contribution < -0.4 is 5.32 Å². The van der Waals surface area contributed by atoms with E-state index in [1.54, 1.807) is 11.2 Å². The quantitative estimate of drug-likeness (QED) is 0.832. The van der Waals surface area contributed by atoms with Gasteiger partial charge in [0.2, 0.25) is 0 Å². The molecule has 2 aromatic heterocycles. The summed E-state index contributed by atoms with van der Waals surface area (Å²) in [6.45, 7) is 3.25. The van der Waals surface area contributed by atoms with Crippen LogP contribution in [0, 0.1) is 0 Å². The third-order valence-electron chi connectivity index (χ3n) is 3.82. The van der Waals surface area contributed by atoms with E-state index >= 15 is 0 Å². The number of nitrogens with zero attached hydrogens (tertiary/aromatic N) is 2. The Kier molecular flexibility index (Phi) is 3.97. The third-order valence-corrected chi connectivity index (χ3v) is 5.02. The van der Waals surface area contributed by atoms with E-state index in [0.717, 1.165) is 12.4 Å². The van der Waals surface area contributed by atoms with Crippen LogP contribution in [-0.2, 0) is 12.8 Å². The van der Waals surface area contributed by atoms with Gasteiger partial charge in [0.1, 0.15) is 17.0 Å². The van der Waals surface area contributed by atoms with Crippen LogP contribution in [0.3, 0.4) is 0 Å². The molecule has 19 heavy (non-hydrogen) atoms. The first kappa shape index (κ1) is 12.9. The van der Waals surface area contributed by atoms with Crippen molar-refractivity contribution in [3.05, 3.63) is 16.8 Å². The maximum Gasteiger partial charge on any atom is 0.138 e. The number of nitrogens with one attached hydrogen (secondary N) is 1. The molecule has 3 nitrogen and oxygen atoms in total. The summed E-state index contributed by atoms with van der Waals surface area (Å²) >= 11 is 1.87. The molecule has 0 aromatic carbocycles. The molecule has 2 heterocycles. The van der Waals surface area contributed by atoms with Gasteiger partial charge in [-0.05, 0) is 37.7 Å². The summed E-state index contributed by atoms with van der Waals surface area (Å²) in [7, 11) is 0. The van der Waals surface area contributed by atoms with Gasteiger partial charge in [-0.2, -0.15) is 0 Å². The van der Waals surface area contributed by atoms with E-state index < -0.39 is 0 Å². The number of rotatable bonds is 5. The first-order valence-corrected chi connectivity index (χ1v) is 8.21. The predicted molar refractivity (Wildman–Crippen MR) is 82.1 cm³/mol. The van der Waals surface area contributed by atoms with Gasteiger partial charge in [-0.3, -0.25) is 0 Å². The number of anilines is 1. The summed E-state index contributed by atoms with van der Waals surface area (Å²) in [5, 5.41) is 4.82. The van der Waals surface area contributed by atoms with Crippen LogP contribution in [0.25, 0.3) is 10.2 Å². The van der Waals surface area contributed by atoms with Crippen molar-refractivity contribution in [1.82, 2.24) is 9.97 Å². The van der Waals surface area contributed by atoms with Gasteiger partial charge in [0.25, 0.3) is 0 Å². The van der Waals surface area contributed by atoms with Crippen molar-refractivity contribution < 1.29 is 0 Å². The molecule has 0 bridgehead atoms. The fourth-order valence-corrected chi connectivity index (χ4v) is 4.03. The maximum atomic E-state index is 4.47. The Morgan fingerprint density at radius 3 is 3.00 bits per heavy atom. The van der Waals surface area contributed by atoms with E-state index in [-0.39, 0.29) is 0 Å². The van der Waals surface area contributed by atoms with Gasteiger partial charge in [0.05, 0.1) is 5.39 Å². The number of aromatic nitrogens is 2. The summed E-state index contributed by atoms with van der Waals surface area (Å²) in [6.07, 6.45) is 10.5. The number of unbranched alkanes of at least 4 members (excludes halogenated alkanes) is 2. The highest BCUT2D eigenvalue weighted by Gasteiger charge is 2.19. The van der Waals surface area contributed by atoms with E-state index in [1.165, 1.54) is 60.7 Å². The maximum absolute atomic E-state index is 4.47. The Morgan fingerprint density at radius 2 is 2.11 bits per heavy atom. The molecule has 0 amide bonds. The summed E-state index contributed by atoms with van der Waals surface area (Å²) < 4.78 is 0. The number of thiophene rings is 1. The monoisotopic (exact) mass is 275 g/mol. The SMILES string of the molecule is CCCCCNc1ncnc2sc3c(c12)CCCC3. The Hall–Kier alpha value is -1.16. The number of fused-ring (bicyclic) bond motifs is 3. The van der Waals surface area contributed by atoms with Crippen molar-refractivity contribution in [2.24, 2.45) is 0 Å². The van der Waals surface area contributed by atoms with Crippen molar-refractivity contribution in [2.45, 2.75) is 51.9 Å². The summed E-state index contributed by atoms with van der Waals surface area (Å²) in [4.78, 5) is 11.6. The molecule has 1 aliphatic rings. The highest BCUT2D eigenvalue weighted by atomic mass is 32.1. The van der Waals surface area contributed by atoms with Crippen molar-refractivity contribution >= 4 is 27.4 Å². The molecule has 0 fully saturated rings. The molecule has 2 aromatic rings. The van der Waals surface area contributed by atoms with Crippen LogP contribution >= 0.6 is 11.3 Å². The Labute approximate surface area is 118 Å². The highest BCUT2D eigenvalue weighted by molar-refractivity contribution is 7.19. The molecule has 0 saturated heterocycles. The third kappa shape index (κ3) is 2.59. The zero-order chi connectivity index (χ0) is 13.1. The van der Waals surface area contributed by atoms with Crippen LogP contribution in [0.5, 0.6) is 0 Å². The average molecular weight is 275 g/mol. The average Bonchev–Trinajstić information content (AvgIpc) is 2.83. The molecule has 102 valence electrons. The molecule has 0 radical (unpaired) electrons. The number of hydrogen-bond donors (Lipinski definition) is 1. The largest absolute Gasteiger partial charge is 0.369 e. The molecule has 1 aliphatic carbocycles. The zero-order valence-electron chi connectivity index (χ0n) is 11.5. The van der Waals surface area contributed by atoms with E-state index in [1.807, 2.05) is 11.3 Å². The molecule has 3 rings (SSSR count). The predicted octanol–water partition coefficient (Wildman–Crippen LogP) is 4.17. The van der Waals surface area contributed by atoms with Crippen LogP contribution in [-0.4, -0.2) is 16.5 Å². The van der Waals surface area contributed by atoms with Crippen LogP contribution in [0.15, 0.2) is 6.33 Å². The molecule has 1 N–H and O–H groups in total. The number of aryl methyl sites for hydroxylation is 2. The summed E-state index contributed by atoms with van der Waals surface area (Å²) in [6, 6.07) is 0. The van der Waals surface area contributed by atoms with E-state index in [4.69, 9.17) is 0 Å². The van der Waals surface area contributed by atoms with Gasteiger partial charge in [0, 0.05) is 11.4 Å².